The first-order valence-corrected chi connectivity index (χ1v) is 6.52. The summed E-state index contributed by atoms with van der Waals surface area (Å²) in [5.74, 6) is 0.746. The van der Waals surface area contributed by atoms with Crippen LogP contribution in [0.4, 0.5) is 4.79 Å². The lowest BCUT2D eigenvalue weighted by Gasteiger charge is -2.34. The van der Waals surface area contributed by atoms with Gasteiger partial charge in [0.1, 0.15) is 29.8 Å². The Labute approximate surface area is 118 Å². The lowest BCUT2D eigenvalue weighted by Crippen LogP contribution is -2.58. The molecule has 108 valence electrons. The highest BCUT2D eigenvalue weighted by Crippen LogP contribution is 2.28. The third-order valence-corrected chi connectivity index (χ3v) is 2.94. The molecule has 1 heterocycles. The van der Waals surface area contributed by atoms with Crippen LogP contribution in [-0.4, -0.2) is 30.1 Å². The summed E-state index contributed by atoms with van der Waals surface area (Å²) >= 11 is 0. The van der Waals surface area contributed by atoms with Crippen LogP contribution in [0, 0.1) is 0 Å². The second kappa shape index (κ2) is 5.15. The van der Waals surface area contributed by atoms with E-state index in [0.29, 0.717) is 12.7 Å². The van der Waals surface area contributed by atoms with E-state index < -0.39 is 17.2 Å². The molecular weight excluding hydrogens is 258 g/mol. The molecule has 1 atom stereocenters. The van der Waals surface area contributed by atoms with Gasteiger partial charge in [-0.1, -0.05) is 18.2 Å². The third kappa shape index (κ3) is 3.29. The number of nitrogens with one attached hydrogen (secondary N) is 1. The van der Waals surface area contributed by atoms with Crippen LogP contribution in [0.3, 0.4) is 0 Å². The van der Waals surface area contributed by atoms with Gasteiger partial charge in [-0.2, -0.15) is 0 Å². The second-order valence-electron chi connectivity index (χ2n) is 5.97. The van der Waals surface area contributed by atoms with Crippen LogP contribution in [0.2, 0.25) is 0 Å². The van der Waals surface area contributed by atoms with E-state index in [1.54, 1.807) is 20.8 Å². The maximum Gasteiger partial charge on any atom is 0.408 e. The van der Waals surface area contributed by atoms with Gasteiger partial charge in [0.25, 0.3) is 0 Å². The van der Waals surface area contributed by atoms with Gasteiger partial charge in [-0.15, -0.1) is 0 Å². The molecule has 0 bridgehead atoms. The van der Waals surface area contributed by atoms with Gasteiger partial charge in [-0.3, -0.25) is 0 Å². The number of para-hydroxylation sites is 1. The molecule has 0 spiro atoms. The van der Waals surface area contributed by atoms with Crippen LogP contribution >= 0.6 is 0 Å². The summed E-state index contributed by atoms with van der Waals surface area (Å²) in [6.45, 7) is 5.42. The Morgan fingerprint density at radius 3 is 2.75 bits per heavy atom. The van der Waals surface area contributed by atoms with E-state index in [2.05, 4.69) is 5.32 Å². The number of carbonyl (C=O) groups excluding carboxylic acids is 2. The summed E-state index contributed by atoms with van der Waals surface area (Å²) in [5.41, 5.74) is -0.792. The van der Waals surface area contributed by atoms with Crippen molar-refractivity contribution in [3.8, 4) is 5.75 Å². The van der Waals surface area contributed by atoms with Crippen molar-refractivity contribution in [3.05, 3.63) is 29.8 Å². The van der Waals surface area contributed by atoms with Crippen LogP contribution < -0.4 is 10.1 Å². The molecule has 20 heavy (non-hydrogen) atoms. The SMILES string of the molecule is CC(C)(C)OC(=O)N[C@]1(C=O)COc2ccccc2C1. The average molecular weight is 277 g/mol. The molecule has 0 saturated carbocycles. The van der Waals surface area contributed by atoms with Crippen LogP contribution in [0.5, 0.6) is 5.75 Å². The highest BCUT2D eigenvalue weighted by molar-refractivity contribution is 5.77. The molecule has 1 aliphatic heterocycles. The molecule has 0 fully saturated rings. The molecule has 0 unspecified atom stereocenters. The number of ether oxygens (including phenoxy) is 2. The molecular formula is C15H19NO4. The fraction of sp³-hybridized carbons (Fsp3) is 0.467. The lowest BCUT2D eigenvalue weighted by molar-refractivity contribution is -0.115. The molecule has 5 nitrogen and oxygen atoms in total. The zero-order valence-corrected chi connectivity index (χ0v) is 11.9. The Hall–Kier alpha value is -2.04. The third-order valence-electron chi connectivity index (χ3n) is 2.94. The Morgan fingerprint density at radius 2 is 2.10 bits per heavy atom. The number of rotatable bonds is 2. The number of fused-ring (bicyclic) bond motifs is 1. The van der Waals surface area contributed by atoms with Crippen LogP contribution in [0.25, 0.3) is 0 Å². The predicted octanol–water partition coefficient (Wildman–Crippen LogP) is 2.08. The van der Waals surface area contributed by atoms with E-state index in [9.17, 15) is 9.59 Å². The number of carbonyl (C=O) groups is 2. The molecule has 1 aromatic rings. The maximum absolute atomic E-state index is 11.9. The van der Waals surface area contributed by atoms with Gasteiger partial charge in [-0.05, 0) is 32.4 Å². The van der Waals surface area contributed by atoms with E-state index >= 15 is 0 Å². The zero-order chi connectivity index (χ0) is 14.8. The number of aldehydes is 1. The van der Waals surface area contributed by atoms with Gasteiger partial charge in [0, 0.05) is 6.42 Å². The summed E-state index contributed by atoms with van der Waals surface area (Å²) in [5, 5.41) is 2.63. The minimum absolute atomic E-state index is 0.104. The van der Waals surface area contributed by atoms with Gasteiger partial charge in [0.2, 0.25) is 0 Å². The molecule has 1 amide bonds. The first kappa shape index (κ1) is 14.4. The molecule has 0 saturated heterocycles. The van der Waals surface area contributed by atoms with Crippen molar-refractivity contribution in [2.24, 2.45) is 0 Å². The normalized spacial score (nSPS) is 21.4. The Morgan fingerprint density at radius 1 is 1.40 bits per heavy atom. The highest BCUT2D eigenvalue weighted by atomic mass is 16.6. The summed E-state index contributed by atoms with van der Waals surface area (Å²) in [6.07, 6.45) is 0.492. The zero-order valence-electron chi connectivity index (χ0n) is 11.9. The number of amides is 1. The minimum atomic E-state index is -1.07. The van der Waals surface area contributed by atoms with Crippen molar-refractivity contribution in [3.63, 3.8) is 0 Å². The van der Waals surface area contributed by atoms with Crippen LogP contribution in [-0.2, 0) is 16.0 Å². The predicted molar refractivity (Wildman–Crippen MR) is 73.8 cm³/mol. The van der Waals surface area contributed by atoms with Gasteiger partial charge >= 0.3 is 6.09 Å². The van der Waals surface area contributed by atoms with E-state index in [1.165, 1.54) is 0 Å². The fourth-order valence-electron chi connectivity index (χ4n) is 2.08. The van der Waals surface area contributed by atoms with Gasteiger partial charge in [0.05, 0.1) is 0 Å². The first-order chi connectivity index (χ1) is 9.34. The molecule has 1 aromatic carbocycles. The standard InChI is InChI=1S/C15H19NO4/c1-14(2,3)20-13(18)16-15(9-17)8-11-6-4-5-7-12(11)19-10-15/h4-7,9H,8,10H2,1-3H3,(H,16,18)/t15-/m1/s1. The van der Waals surface area contributed by atoms with E-state index in [0.717, 1.165) is 11.3 Å². The Kier molecular flexibility index (Phi) is 3.70. The fourth-order valence-corrected chi connectivity index (χ4v) is 2.08. The Bertz CT molecular complexity index is 521. The molecule has 1 aliphatic rings. The monoisotopic (exact) mass is 277 g/mol. The first-order valence-electron chi connectivity index (χ1n) is 6.52. The van der Waals surface area contributed by atoms with E-state index in [4.69, 9.17) is 9.47 Å². The van der Waals surface area contributed by atoms with Crippen LogP contribution in [0.1, 0.15) is 26.3 Å². The van der Waals surface area contributed by atoms with Crippen molar-refractivity contribution in [1.29, 1.82) is 0 Å². The molecule has 0 radical (unpaired) electrons. The van der Waals surface area contributed by atoms with Crippen molar-refractivity contribution < 1.29 is 19.1 Å². The highest BCUT2D eigenvalue weighted by Gasteiger charge is 2.38. The summed E-state index contributed by atoms with van der Waals surface area (Å²) in [6, 6.07) is 7.46. The molecule has 1 N–H and O–H groups in total. The number of hydrogen-bond acceptors (Lipinski definition) is 4. The second-order valence-corrected chi connectivity index (χ2v) is 5.97. The summed E-state index contributed by atoms with van der Waals surface area (Å²) in [4.78, 5) is 23.3. The molecule has 0 aliphatic carbocycles. The molecule has 5 heteroatoms. The minimum Gasteiger partial charge on any atom is -0.490 e. The largest absolute Gasteiger partial charge is 0.490 e. The van der Waals surface area contributed by atoms with Crippen LogP contribution in [0.15, 0.2) is 24.3 Å². The van der Waals surface area contributed by atoms with Gasteiger partial charge in [-0.25, -0.2) is 4.79 Å². The van der Waals surface area contributed by atoms with Crippen molar-refractivity contribution >= 4 is 12.4 Å². The molecule has 0 aromatic heterocycles. The van der Waals surface area contributed by atoms with Crippen molar-refractivity contribution in [1.82, 2.24) is 5.32 Å². The smallest absolute Gasteiger partial charge is 0.408 e. The lowest BCUT2D eigenvalue weighted by atomic mass is 9.90. The Balaban J connectivity index is 2.13. The van der Waals surface area contributed by atoms with E-state index in [1.807, 2.05) is 24.3 Å². The van der Waals surface area contributed by atoms with Gasteiger partial charge < -0.3 is 19.6 Å². The molecule has 2 rings (SSSR count). The van der Waals surface area contributed by atoms with Crippen molar-refractivity contribution in [2.75, 3.05) is 6.61 Å². The number of alkyl carbamates (subject to hydrolysis) is 1. The maximum atomic E-state index is 11.9. The topological polar surface area (TPSA) is 64.6 Å². The van der Waals surface area contributed by atoms with E-state index in [-0.39, 0.29) is 6.61 Å². The summed E-state index contributed by atoms with van der Waals surface area (Å²) in [7, 11) is 0. The average Bonchev–Trinajstić information content (AvgIpc) is 2.36. The number of hydrogen-bond donors (Lipinski definition) is 1. The van der Waals surface area contributed by atoms with Crippen molar-refractivity contribution in [2.45, 2.75) is 38.3 Å². The van der Waals surface area contributed by atoms with Gasteiger partial charge in [0.15, 0.2) is 0 Å². The quantitative estimate of drug-likeness (QED) is 0.841. The summed E-state index contributed by atoms with van der Waals surface area (Å²) < 4.78 is 10.8. The number of benzene rings is 1.